The van der Waals surface area contributed by atoms with Gasteiger partial charge in [0.2, 0.25) is 0 Å². The van der Waals surface area contributed by atoms with Gasteiger partial charge in [-0.15, -0.1) is 0 Å². The first-order valence-electron chi connectivity index (χ1n) is 5.54. The fourth-order valence-electron chi connectivity index (χ4n) is 1.56. The molecular formula is C10H15N5O2S. The average molecular weight is 269 g/mol. The number of imidazole rings is 2. The molecule has 0 atom stereocenters. The quantitative estimate of drug-likeness (QED) is 0.822. The van der Waals surface area contributed by atoms with Gasteiger partial charge in [0, 0.05) is 25.1 Å². The molecular weight excluding hydrogens is 254 g/mol. The molecule has 98 valence electrons. The lowest BCUT2D eigenvalue weighted by Crippen LogP contribution is -2.24. The minimum Gasteiger partial charge on any atom is -0.347 e. The molecule has 0 fully saturated rings. The largest absolute Gasteiger partial charge is 0.347 e. The highest BCUT2D eigenvalue weighted by atomic mass is 32.2. The molecule has 0 aliphatic carbocycles. The van der Waals surface area contributed by atoms with Crippen molar-refractivity contribution in [3.05, 3.63) is 30.2 Å². The van der Waals surface area contributed by atoms with Crippen molar-refractivity contribution in [3.63, 3.8) is 0 Å². The first-order chi connectivity index (χ1) is 8.53. The van der Waals surface area contributed by atoms with E-state index >= 15 is 0 Å². The highest BCUT2D eigenvalue weighted by Gasteiger charge is 2.18. The molecule has 7 nitrogen and oxygen atoms in total. The van der Waals surface area contributed by atoms with Crippen LogP contribution in [0, 0.1) is 6.92 Å². The Morgan fingerprint density at radius 3 is 2.83 bits per heavy atom. The number of hydrogen-bond acceptors (Lipinski definition) is 4. The maximum Gasteiger partial charge on any atom is 0.259 e. The van der Waals surface area contributed by atoms with E-state index in [9.17, 15) is 8.42 Å². The number of H-pyrrole nitrogens is 1. The molecule has 0 bridgehead atoms. The van der Waals surface area contributed by atoms with E-state index in [2.05, 4.69) is 19.7 Å². The molecule has 2 aromatic rings. The van der Waals surface area contributed by atoms with Crippen LogP contribution in [0.2, 0.25) is 0 Å². The first kappa shape index (κ1) is 12.8. The van der Waals surface area contributed by atoms with Gasteiger partial charge in [-0.1, -0.05) is 0 Å². The lowest BCUT2D eigenvalue weighted by molar-refractivity contribution is 0.576. The molecule has 0 unspecified atom stereocenters. The minimum absolute atomic E-state index is 0.0356. The Kier molecular flexibility index (Phi) is 3.48. The summed E-state index contributed by atoms with van der Waals surface area (Å²) in [6.07, 6.45) is 4.74. The number of aromatic nitrogens is 4. The zero-order valence-electron chi connectivity index (χ0n) is 10.2. The van der Waals surface area contributed by atoms with Crippen molar-refractivity contribution in [1.82, 2.24) is 24.2 Å². The maximum absolute atomic E-state index is 12.0. The van der Waals surface area contributed by atoms with E-state index < -0.39 is 10.0 Å². The highest BCUT2D eigenvalue weighted by molar-refractivity contribution is 7.89. The van der Waals surface area contributed by atoms with Gasteiger partial charge in [0.15, 0.2) is 5.03 Å². The van der Waals surface area contributed by atoms with Crippen molar-refractivity contribution < 1.29 is 8.42 Å². The molecule has 0 aromatic carbocycles. The Bertz CT molecular complexity index is 615. The zero-order valence-corrected chi connectivity index (χ0v) is 11.0. The number of hydrogen-bond donors (Lipinski definition) is 2. The zero-order chi connectivity index (χ0) is 13.2. The first-order valence-corrected chi connectivity index (χ1v) is 7.03. The Morgan fingerprint density at radius 1 is 1.50 bits per heavy atom. The summed E-state index contributed by atoms with van der Waals surface area (Å²) in [7, 11) is -3.59. The number of sulfonamides is 1. The molecule has 2 aromatic heterocycles. The van der Waals surface area contributed by atoms with Crippen LogP contribution in [-0.4, -0.2) is 27.9 Å². The standard InChI is InChI=1S/C10H15N5O2S/c1-3-15-7-10(14-8(15)2)18(16,17)13-6-9-11-4-5-12-9/h4-5,7,13H,3,6H2,1-2H3,(H,11,12). The predicted octanol–water partition coefficient (Wildman–Crippen LogP) is 0.413. The van der Waals surface area contributed by atoms with Crippen LogP contribution in [-0.2, 0) is 23.1 Å². The summed E-state index contributed by atoms with van der Waals surface area (Å²) >= 11 is 0. The second-order valence-electron chi connectivity index (χ2n) is 3.77. The normalized spacial score (nSPS) is 11.9. The van der Waals surface area contributed by atoms with Gasteiger partial charge < -0.3 is 9.55 Å². The summed E-state index contributed by atoms with van der Waals surface area (Å²) in [6, 6.07) is 0. The van der Waals surface area contributed by atoms with Gasteiger partial charge in [0.05, 0.1) is 6.54 Å². The van der Waals surface area contributed by atoms with E-state index in [1.165, 1.54) is 6.20 Å². The molecule has 18 heavy (non-hydrogen) atoms. The number of nitrogens with zero attached hydrogens (tertiary/aromatic N) is 3. The maximum atomic E-state index is 12.0. The van der Waals surface area contributed by atoms with E-state index in [0.717, 1.165) is 0 Å². The Hall–Kier alpha value is -1.67. The monoisotopic (exact) mass is 269 g/mol. The molecule has 2 heterocycles. The third kappa shape index (κ3) is 2.59. The molecule has 0 radical (unpaired) electrons. The molecule has 0 amide bonds. The van der Waals surface area contributed by atoms with Crippen LogP contribution in [0.15, 0.2) is 23.6 Å². The van der Waals surface area contributed by atoms with Crippen LogP contribution in [0.1, 0.15) is 18.6 Å². The molecule has 0 aliphatic heterocycles. The highest BCUT2D eigenvalue weighted by Crippen LogP contribution is 2.09. The number of rotatable bonds is 5. The summed E-state index contributed by atoms with van der Waals surface area (Å²) in [5, 5.41) is 0.0356. The lowest BCUT2D eigenvalue weighted by Gasteiger charge is -2.01. The molecule has 2 rings (SSSR count). The second-order valence-corrected chi connectivity index (χ2v) is 5.49. The van der Waals surface area contributed by atoms with Crippen LogP contribution >= 0.6 is 0 Å². The number of nitrogens with one attached hydrogen (secondary N) is 2. The third-order valence-electron chi connectivity index (χ3n) is 2.55. The third-order valence-corrected chi connectivity index (χ3v) is 3.83. The van der Waals surface area contributed by atoms with Crippen molar-refractivity contribution >= 4 is 10.0 Å². The summed E-state index contributed by atoms with van der Waals surface area (Å²) in [6.45, 7) is 4.51. The topological polar surface area (TPSA) is 92.7 Å². The molecule has 2 N–H and O–H groups in total. The summed E-state index contributed by atoms with van der Waals surface area (Å²) in [5.41, 5.74) is 0. The van der Waals surface area contributed by atoms with Gasteiger partial charge in [-0.3, -0.25) is 0 Å². The molecule has 0 saturated carbocycles. The number of aromatic amines is 1. The molecule has 0 saturated heterocycles. The fraction of sp³-hybridized carbons (Fsp3) is 0.400. The molecule has 0 aliphatic rings. The van der Waals surface area contributed by atoms with E-state index in [0.29, 0.717) is 18.2 Å². The van der Waals surface area contributed by atoms with Crippen molar-refractivity contribution in [2.45, 2.75) is 32.0 Å². The van der Waals surface area contributed by atoms with Gasteiger partial charge in [-0.2, -0.15) is 0 Å². The van der Waals surface area contributed by atoms with Gasteiger partial charge in [0.1, 0.15) is 11.6 Å². The minimum atomic E-state index is -3.59. The van der Waals surface area contributed by atoms with E-state index in [1.54, 1.807) is 23.9 Å². The van der Waals surface area contributed by atoms with E-state index in [-0.39, 0.29) is 11.6 Å². The van der Waals surface area contributed by atoms with Gasteiger partial charge in [-0.25, -0.2) is 23.1 Å². The number of aryl methyl sites for hydroxylation is 2. The SMILES string of the molecule is CCn1cc(S(=O)(=O)NCc2ncc[nH]2)nc1C. The van der Waals surface area contributed by atoms with Crippen molar-refractivity contribution in [3.8, 4) is 0 Å². The lowest BCUT2D eigenvalue weighted by atomic mass is 10.6. The molecule has 0 spiro atoms. The van der Waals surface area contributed by atoms with Crippen LogP contribution < -0.4 is 4.72 Å². The van der Waals surface area contributed by atoms with Gasteiger partial charge in [0.25, 0.3) is 10.0 Å². The van der Waals surface area contributed by atoms with Crippen LogP contribution in [0.5, 0.6) is 0 Å². The summed E-state index contributed by atoms with van der Waals surface area (Å²) < 4.78 is 28.2. The van der Waals surface area contributed by atoms with Crippen molar-refractivity contribution in [2.75, 3.05) is 0 Å². The van der Waals surface area contributed by atoms with Crippen molar-refractivity contribution in [2.24, 2.45) is 0 Å². The fourth-order valence-corrected chi connectivity index (χ4v) is 2.55. The summed E-state index contributed by atoms with van der Waals surface area (Å²) in [5.74, 6) is 1.24. The Balaban J connectivity index is 2.14. The molecule has 8 heteroatoms. The smallest absolute Gasteiger partial charge is 0.259 e. The second kappa shape index (κ2) is 4.91. The van der Waals surface area contributed by atoms with Crippen LogP contribution in [0.4, 0.5) is 0 Å². The summed E-state index contributed by atoms with van der Waals surface area (Å²) in [4.78, 5) is 10.8. The van der Waals surface area contributed by atoms with Crippen LogP contribution in [0.25, 0.3) is 0 Å². The van der Waals surface area contributed by atoms with E-state index in [1.807, 2.05) is 6.92 Å². The Labute approximate surface area is 105 Å². The predicted molar refractivity (Wildman–Crippen MR) is 65.3 cm³/mol. The van der Waals surface area contributed by atoms with Crippen LogP contribution in [0.3, 0.4) is 0 Å². The van der Waals surface area contributed by atoms with Gasteiger partial charge >= 0.3 is 0 Å². The van der Waals surface area contributed by atoms with Gasteiger partial charge in [-0.05, 0) is 13.8 Å². The van der Waals surface area contributed by atoms with Crippen molar-refractivity contribution in [1.29, 1.82) is 0 Å². The van der Waals surface area contributed by atoms with E-state index in [4.69, 9.17) is 0 Å². The Morgan fingerprint density at radius 2 is 2.28 bits per heavy atom. The average Bonchev–Trinajstić information content (AvgIpc) is 2.95.